The molecule has 0 bridgehead atoms. The number of amides is 2. The van der Waals surface area contributed by atoms with E-state index < -0.39 is 0 Å². The van der Waals surface area contributed by atoms with Crippen molar-refractivity contribution in [3.05, 3.63) is 11.3 Å². The van der Waals surface area contributed by atoms with Crippen molar-refractivity contribution in [3.8, 4) is 0 Å². The first-order chi connectivity index (χ1) is 8.63. The van der Waals surface area contributed by atoms with Gasteiger partial charge in [0, 0.05) is 5.70 Å². The third-order valence-corrected chi connectivity index (χ3v) is 3.83. The smallest absolute Gasteiger partial charge is 0.337 e. The maximum atomic E-state index is 11.9. The summed E-state index contributed by atoms with van der Waals surface area (Å²) in [5.41, 5.74) is 1.19. The Hall–Kier alpha value is -1.52. The molecule has 1 aliphatic carbocycles. The van der Waals surface area contributed by atoms with E-state index in [9.17, 15) is 9.59 Å². The molecule has 100 valence electrons. The van der Waals surface area contributed by atoms with Gasteiger partial charge in [-0.2, -0.15) is 0 Å². The lowest BCUT2D eigenvalue weighted by molar-refractivity contribution is -0.136. The summed E-state index contributed by atoms with van der Waals surface area (Å²) < 4.78 is 4.83. The van der Waals surface area contributed by atoms with E-state index in [0.717, 1.165) is 25.7 Å². The predicted octanol–water partition coefficient (Wildman–Crippen LogP) is 1.70. The van der Waals surface area contributed by atoms with Crippen molar-refractivity contribution in [2.45, 2.75) is 45.1 Å². The highest BCUT2D eigenvalue weighted by Gasteiger charge is 2.36. The predicted molar refractivity (Wildman–Crippen MR) is 66.7 cm³/mol. The van der Waals surface area contributed by atoms with Crippen LogP contribution in [0, 0.1) is 5.92 Å². The maximum absolute atomic E-state index is 11.9. The number of nitrogens with one attached hydrogen (secondary N) is 2. The fourth-order valence-corrected chi connectivity index (χ4v) is 2.93. The molecule has 0 saturated heterocycles. The van der Waals surface area contributed by atoms with Crippen LogP contribution in [-0.4, -0.2) is 25.2 Å². The van der Waals surface area contributed by atoms with Crippen molar-refractivity contribution >= 4 is 12.0 Å². The first-order valence-corrected chi connectivity index (χ1v) is 6.50. The number of rotatable bonds is 2. The van der Waals surface area contributed by atoms with Crippen molar-refractivity contribution in [1.29, 1.82) is 0 Å². The topological polar surface area (TPSA) is 67.4 Å². The minimum Gasteiger partial charge on any atom is -0.466 e. The summed E-state index contributed by atoms with van der Waals surface area (Å²) in [5, 5.41) is 5.52. The number of hydrogen-bond donors (Lipinski definition) is 2. The first kappa shape index (κ1) is 12.9. The molecule has 0 aromatic carbocycles. The van der Waals surface area contributed by atoms with Gasteiger partial charge in [-0.25, -0.2) is 9.59 Å². The van der Waals surface area contributed by atoms with E-state index in [4.69, 9.17) is 4.74 Å². The standard InChI is InChI=1S/C13H20N2O3/c1-8-10(12(16)18-2)11(15-13(17)14-8)9-6-4-3-5-7-9/h9,11H,3-7H2,1-2H3,(H2,14,15,17)/t11-/m0/s1. The molecule has 2 N–H and O–H groups in total. The Labute approximate surface area is 107 Å². The molecule has 1 fully saturated rings. The van der Waals surface area contributed by atoms with Crippen LogP contribution in [0.2, 0.25) is 0 Å². The molecular weight excluding hydrogens is 232 g/mol. The molecular formula is C13H20N2O3. The Bertz CT molecular complexity index is 384. The number of methoxy groups -OCH3 is 1. The number of hydrogen-bond acceptors (Lipinski definition) is 3. The Morgan fingerprint density at radius 2 is 1.94 bits per heavy atom. The molecule has 0 radical (unpaired) electrons. The number of ether oxygens (including phenoxy) is 1. The Morgan fingerprint density at radius 1 is 1.28 bits per heavy atom. The average molecular weight is 252 g/mol. The van der Waals surface area contributed by atoms with Gasteiger partial charge >= 0.3 is 12.0 Å². The van der Waals surface area contributed by atoms with Crippen LogP contribution in [0.4, 0.5) is 4.79 Å². The molecule has 2 amide bonds. The summed E-state index contributed by atoms with van der Waals surface area (Å²) in [7, 11) is 1.37. The molecule has 0 spiro atoms. The molecule has 0 unspecified atom stereocenters. The second-order valence-electron chi connectivity index (χ2n) is 5.00. The number of urea groups is 1. The number of esters is 1. The third kappa shape index (κ3) is 2.49. The monoisotopic (exact) mass is 252 g/mol. The van der Waals surface area contributed by atoms with Gasteiger partial charge < -0.3 is 15.4 Å². The summed E-state index contributed by atoms with van der Waals surface area (Å²) in [6.07, 6.45) is 5.68. The molecule has 0 aromatic heterocycles. The van der Waals surface area contributed by atoms with Crippen molar-refractivity contribution in [2.75, 3.05) is 7.11 Å². The fourth-order valence-electron chi connectivity index (χ4n) is 2.93. The highest BCUT2D eigenvalue weighted by Crippen LogP contribution is 2.31. The number of carbonyl (C=O) groups excluding carboxylic acids is 2. The second-order valence-corrected chi connectivity index (χ2v) is 5.00. The molecule has 5 heteroatoms. The average Bonchev–Trinajstić information content (AvgIpc) is 2.38. The lowest BCUT2D eigenvalue weighted by Gasteiger charge is -2.35. The van der Waals surface area contributed by atoms with Crippen LogP contribution in [0.1, 0.15) is 39.0 Å². The van der Waals surface area contributed by atoms with Gasteiger partial charge in [0.2, 0.25) is 0 Å². The van der Waals surface area contributed by atoms with Gasteiger partial charge in [0.15, 0.2) is 0 Å². The summed E-state index contributed by atoms with van der Waals surface area (Å²) >= 11 is 0. The summed E-state index contributed by atoms with van der Waals surface area (Å²) in [6, 6.07) is -0.428. The highest BCUT2D eigenvalue weighted by molar-refractivity contribution is 5.94. The molecule has 1 atom stereocenters. The van der Waals surface area contributed by atoms with Crippen molar-refractivity contribution < 1.29 is 14.3 Å². The van der Waals surface area contributed by atoms with E-state index in [0.29, 0.717) is 17.2 Å². The van der Waals surface area contributed by atoms with Gasteiger partial charge in [-0.1, -0.05) is 19.3 Å². The SMILES string of the molecule is COC(=O)C1=C(C)NC(=O)N[C@H]1C1CCCCC1. The fraction of sp³-hybridized carbons (Fsp3) is 0.692. The largest absolute Gasteiger partial charge is 0.466 e. The highest BCUT2D eigenvalue weighted by atomic mass is 16.5. The van der Waals surface area contributed by atoms with E-state index in [1.165, 1.54) is 13.5 Å². The van der Waals surface area contributed by atoms with Crippen LogP contribution in [0.3, 0.4) is 0 Å². The van der Waals surface area contributed by atoms with Crippen molar-refractivity contribution in [1.82, 2.24) is 10.6 Å². The van der Waals surface area contributed by atoms with E-state index in [1.807, 2.05) is 0 Å². The molecule has 0 aromatic rings. The number of allylic oxidation sites excluding steroid dienone is 1. The van der Waals surface area contributed by atoms with Crippen molar-refractivity contribution in [2.24, 2.45) is 5.92 Å². The van der Waals surface area contributed by atoms with Gasteiger partial charge in [-0.3, -0.25) is 0 Å². The van der Waals surface area contributed by atoms with Gasteiger partial charge in [0.05, 0.1) is 18.7 Å². The van der Waals surface area contributed by atoms with Crippen LogP contribution in [0.25, 0.3) is 0 Å². The molecule has 2 rings (SSSR count). The quantitative estimate of drug-likeness (QED) is 0.735. The van der Waals surface area contributed by atoms with E-state index in [-0.39, 0.29) is 18.0 Å². The molecule has 1 saturated carbocycles. The second kappa shape index (κ2) is 5.42. The molecule has 1 heterocycles. The molecule has 18 heavy (non-hydrogen) atoms. The lowest BCUT2D eigenvalue weighted by Crippen LogP contribution is -2.53. The van der Waals surface area contributed by atoms with Crippen LogP contribution in [0.5, 0.6) is 0 Å². The van der Waals surface area contributed by atoms with E-state index in [1.54, 1.807) is 6.92 Å². The summed E-state index contributed by atoms with van der Waals surface area (Å²) in [5.74, 6) is -0.00979. The van der Waals surface area contributed by atoms with Gasteiger partial charge in [-0.15, -0.1) is 0 Å². The molecule has 5 nitrogen and oxygen atoms in total. The van der Waals surface area contributed by atoms with E-state index >= 15 is 0 Å². The summed E-state index contributed by atoms with van der Waals surface area (Å²) in [4.78, 5) is 23.4. The lowest BCUT2D eigenvalue weighted by atomic mass is 9.80. The van der Waals surface area contributed by atoms with Crippen LogP contribution in [-0.2, 0) is 9.53 Å². The van der Waals surface area contributed by atoms with Crippen LogP contribution in [0.15, 0.2) is 11.3 Å². The van der Waals surface area contributed by atoms with Crippen LogP contribution >= 0.6 is 0 Å². The third-order valence-electron chi connectivity index (χ3n) is 3.83. The summed E-state index contributed by atoms with van der Waals surface area (Å²) in [6.45, 7) is 1.75. The minimum atomic E-state index is -0.351. The molecule has 1 aliphatic heterocycles. The normalized spacial score (nSPS) is 25.4. The Balaban J connectivity index is 2.26. The van der Waals surface area contributed by atoms with Crippen molar-refractivity contribution in [3.63, 3.8) is 0 Å². The first-order valence-electron chi connectivity index (χ1n) is 6.50. The van der Waals surface area contributed by atoms with Gasteiger partial charge in [0.25, 0.3) is 0 Å². The Morgan fingerprint density at radius 3 is 2.56 bits per heavy atom. The zero-order valence-corrected chi connectivity index (χ0v) is 10.9. The van der Waals surface area contributed by atoms with Gasteiger partial charge in [0.1, 0.15) is 0 Å². The van der Waals surface area contributed by atoms with Crippen LogP contribution < -0.4 is 10.6 Å². The van der Waals surface area contributed by atoms with Gasteiger partial charge in [-0.05, 0) is 25.7 Å². The van der Waals surface area contributed by atoms with E-state index in [2.05, 4.69) is 10.6 Å². The zero-order chi connectivity index (χ0) is 13.1. The number of carbonyl (C=O) groups is 2. The minimum absolute atomic E-state index is 0.202. The zero-order valence-electron chi connectivity index (χ0n) is 10.9. The maximum Gasteiger partial charge on any atom is 0.337 e. The molecule has 2 aliphatic rings. The Kier molecular flexibility index (Phi) is 3.89.